The van der Waals surface area contributed by atoms with Crippen LogP contribution in [0.1, 0.15) is 36.6 Å². The van der Waals surface area contributed by atoms with E-state index >= 15 is 0 Å². The molecule has 22 heavy (non-hydrogen) atoms. The third kappa shape index (κ3) is 3.69. The molecule has 0 radical (unpaired) electrons. The molecule has 0 bridgehead atoms. The fourth-order valence-corrected chi connectivity index (χ4v) is 2.35. The highest BCUT2D eigenvalue weighted by atomic mass is 35.5. The summed E-state index contributed by atoms with van der Waals surface area (Å²) in [5, 5.41) is 0.714. The van der Waals surface area contributed by atoms with Gasteiger partial charge in [0, 0.05) is 10.9 Å². The molecule has 2 rings (SSSR count). The van der Waals surface area contributed by atoms with Crippen molar-refractivity contribution < 1.29 is 0 Å². The number of benzene rings is 1. The van der Waals surface area contributed by atoms with Crippen molar-refractivity contribution >= 4 is 23.4 Å². The van der Waals surface area contributed by atoms with Crippen molar-refractivity contribution in [3.8, 4) is 11.8 Å². The smallest absolute Gasteiger partial charge is 0.222 e. The minimum Gasteiger partial charge on any atom is -0.382 e. The lowest BCUT2D eigenvalue weighted by molar-refractivity contribution is 0.592. The lowest BCUT2D eigenvalue weighted by Gasteiger charge is -2.15. The van der Waals surface area contributed by atoms with E-state index in [9.17, 15) is 0 Å². The zero-order chi connectivity index (χ0) is 16.3. The van der Waals surface area contributed by atoms with Gasteiger partial charge >= 0.3 is 0 Å². The minimum atomic E-state index is 0.0774. The topological polar surface area (TPSA) is 77.8 Å². The van der Waals surface area contributed by atoms with Crippen molar-refractivity contribution in [2.24, 2.45) is 5.92 Å². The second-order valence-corrected chi connectivity index (χ2v) is 5.91. The molecule has 1 aromatic carbocycles. The molecule has 0 aliphatic rings. The van der Waals surface area contributed by atoms with Gasteiger partial charge in [-0.1, -0.05) is 49.4 Å². The summed E-state index contributed by atoms with van der Waals surface area (Å²) in [6.45, 7) is 6.08. The van der Waals surface area contributed by atoms with E-state index in [0.29, 0.717) is 28.0 Å². The molecule has 0 aliphatic carbocycles. The van der Waals surface area contributed by atoms with Crippen molar-refractivity contribution in [3.05, 3.63) is 46.1 Å². The van der Waals surface area contributed by atoms with Crippen LogP contribution in [-0.2, 0) is 0 Å². The van der Waals surface area contributed by atoms with E-state index in [0.717, 1.165) is 5.56 Å². The molecule has 1 heterocycles. The van der Waals surface area contributed by atoms with E-state index < -0.39 is 0 Å². The van der Waals surface area contributed by atoms with E-state index in [1.165, 1.54) is 0 Å². The molecule has 2 aromatic rings. The van der Waals surface area contributed by atoms with Crippen molar-refractivity contribution in [3.63, 3.8) is 0 Å². The fourth-order valence-electron chi connectivity index (χ4n) is 2.23. The Morgan fingerprint density at radius 1 is 1.09 bits per heavy atom. The Hall–Kier alpha value is -2.25. The summed E-state index contributed by atoms with van der Waals surface area (Å²) in [5.74, 6) is 7.30. The minimum absolute atomic E-state index is 0.0774. The van der Waals surface area contributed by atoms with Gasteiger partial charge in [0.15, 0.2) is 0 Å². The van der Waals surface area contributed by atoms with Gasteiger partial charge in [0.05, 0.1) is 11.3 Å². The molecule has 4 nitrogen and oxygen atoms in total. The second kappa shape index (κ2) is 6.67. The van der Waals surface area contributed by atoms with E-state index in [2.05, 4.69) is 35.7 Å². The highest BCUT2D eigenvalue weighted by molar-refractivity contribution is 6.30. The Morgan fingerprint density at radius 2 is 1.73 bits per heavy atom. The normalized spacial score (nSPS) is 11.9. The summed E-state index contributed by atoms with van der Waals surface area (Å²) in [6.07, 6.45) is 0. The number of halogens is 1. The number of nitrogen functional groups attached to an aromatic ring is 2. The Balaban J connectivity index is 2.40. The average molecular weight is 315 g/mol. The standard InChI is InChI=1S/C17H19ClN4/c1-10(2)14(12-4-6-13(18)7-5-12)8-9-15-11(3)21-17(20)22-16(15)19/h4-7,10,14H,1-3H3,(H4,19,20,21,22). The first-order chi connectivity index (χ1) is 10.4. The van der Waals surface area contributed by atoms with Gasteiger partial charge in [0.25, 0.3) is 0 Å². The maximum atomic E-state index is 5.94. The highest BCUT2D eigenvalue weighted by Gasteiger charge is 2.13. The summed E-state index contributed by atoms with van der Waals surface area (Å²) >= 11 is 5.94. The summed E-state index contributed by atoms with van der Waals surface area (Å²) in [5.41, 5.74) is 13.9. The number of aryl methyl sites for hydroxylation is 1. The monoisotopic (exact) mass is 314 g/mol. The lowest BCUT2D eigenvalue weighted by Crippen LogP contribution is -2.06. The van der Waals surface area contributed by atoms with Gasteiger partial charge in [-0.3, -0.25) is 0 Å². The molecule has 1 unspecified atom stereocenters. The quantitative estimate of drug-likeness (QED) is 0.833. The van der Waals surface area contributed by atoms with Crippen molar-refractivity contribution in [1.82, 2.24) is 9.97 Å². The van der Waals surface area contributed by atoms with Gasteiger partial charge in [-0.15, -0.1) is 0 Å². The summed E-state index contributed by atoms with van der Waals surface area (Å²) in [6, 6.07) is 7.74. The molecule has 0 saturated carbocycles. The lowest BCUT2D eigenvalue weighted by atomic mass is 9.89. The van der Waals surface area contributed by atoms with Gasteiger partial charge in [-0.05, 0) is 30.5 Å². The van der Waals surface area contributed by atoms with Crippen LogP contribution in [-0.4, -0.2) is 9.97 Å². The Kier molecular flexibility index (Phi) is 4.89. The summed E-state index contributed by atoms with van der Waals surface area (Å²) in [7, 11) is 0. The first-order valence-corrected chi connectivity index (χ1v) is 7.43. The van der Waals surface area contributed by atoms with Gasteiger partial charge < -0.3 is 11.5 Å². The molecule has 5 heteroatoms. The molecule has 114 valence electrons. The van der Waals surface area contributed by atoms with Crippen LogP contribution in [0, 0.1) is 24.7 Å². The van der Waals surface area contributed by atoms with Crippen molar-refractivity contribution in [2.75, 3.05) is 11.5 Å². The van der Waals surface area contributed by atoms with E-state index in [4.69, 9.17) is 23.1 Å². The van der Waals surface area contributed by atoms with Crippen molar-refractivity contribution in [1.29, 1.82) is 0 Å². The van der Waals surface area contributed by atoms with Gasteiger partial charge in [0.2, 0.25) is 5.95 Å². The van der Waals surface area contributed by atoms with Crippen LogP contribution in [0.3, 0.4) is 0 Å². The van der Waals surface area contributed by atoms with Crippen LogP contribution < -0.4 is 11.5 Å². The zero-order valence-electron chi connectivity index (χ0n) is 12.9. The Morgan fingerprint density at radius 3 is 2.27 bits per heavy atom. The summed E-state index contributed by atoms with van der Waals surface area (Å²) in [4.78, 5) is 8.07. The van der Waals surface area contributed by atoms with Crippen LogP contribution in [0.2, 0.25) is 5.02 Å². The molecule has 0 aliphatic heterocycles. The number of hydrogen-bond donors (Lipinski definition) is 2. The molecular formula is C17H19ClN4. The van der Waals surface area contributed by atoms with Crippen LogP contribution in [0.5, 0.6) is 0 Å². The molecule has 1 aromatic heterocycles. The number of nitrogens with two attached hydrogens (primary N) is 2. The van der Waals surface area contributed by atoms with Crippen molar-refractivity contribution in [2.45, 2.75) is 26.7 Å². The van der Waals surface area contributed by atoms with Crippen LogP contribution >= 0.6 is 11.6 Å². The van der Waals surface area contributed by atoms with Gasteiger partial charge in [-0.2, -0.15) is 4.98 Å². The average Bonchev–Trinajstić information content (AvgIpc) is 2.43. The Labute approximate surface area is 135 Å². The molecule has 0 saturated heterocycles. The maximum absolute atomic E-state index is 5.94. The molecule has 4 N–H and O–H groups in total. The Bertz CT molecular complexity index is 704. The first-order valence-electron chi connectivity index (χ1n) is 7.05. The molecule has 0 fully saturated rings. The zero-order valence-corrected chi connectivity index (χ0v) is 13.6. The second-order valence-electron chi connectivity index (χ2n) is 5.47. The van der Waals surface area contributed by atoms with Crippen LogP contribution in [0.4, 0.5) is 11.8 Å². The molecule has 0 spiro atoms. The molecule has 1 atom stereocenters. The van der Waals surface area contributed by atoms with E-state index in [1.807, 2.05) is 31.2 Å². The van der Waals surface area contributed by atoms with E-state index in [-0.39, 0.29) is 11.9 Å². The summed E-state index contributed by atoms with van der Waals surface area (Å²) < 4.78 is 0. The van der Waals surface area contributed by atoms with Crippen LogP contribution in [0.25, 0.3) is 0 Å². The van der Waals surface area contributed by atoms with Crippen LogP contribution in [0.15, 0.2) is 24.3 Å². The SMILES string of the molecule is Cc1nc(N)nc(N)c1C#CC(c1ccc(Cl)cc1)C(C)C. The predicted octanol–water partition coefficient (Wildman–Crippen LogP) is 3.39. The number of anilines is 2. The predicted molar refractivity (Wildman–Crippen MR) is 91.5 cm³/mol. The first kappa shape index (κ1) is 16.1. The number of aromatic nitrogens is 2. The number of nitrogens with zero attached hydrogens (tertiary/aromatic N) is 2. The number of hydrogen-bond acceptors (Lipinski definition) is 4. The van der Waals surface area contributed by atoms with Gasteiger partial charge in [-0.25, -0.2) is 4.98 Å². The largest absolute Gasteiger partial charge is 0.382 e. The third-order valence-electron chi connectivity index (χ3n) is 3.38. The molecular weight excluding hydrogens is 296 g/mol. The highest BCUT2D eigenvalue weighted by Crippen LogP contribution is 2.25. The third-order valence-corrected chi connectivity index (χ3v) is 3.64. The number of rotatable bonds is 2. The maximum Gasteiger partial charge on any atom is 0.222 e. The fraction of sp³-hybridized carbons (Fsp3) is 0.294. The van der Waals surface area contributed by atoms with E-state index in [1.54, 1.807) is 0 Å². The molecule has 0 amide bonds. The van der Waals surface area contributed by atoms with Gasteiger partial charge in [0.1, 0.15) is 5.82 Å².